The summed E-state index contributed by atoms with van der Waals surface area (Å²) >= 11 is 0. The molecule has 1 aromatic rings. The van der Waals surface area contributed by atoms with Crippen molar-refractivity contribution < 1.29 is 4.79 Å². The van der Waals surface area contributed by atoms with Crippen molar-refractivity contribution >= 4 is 5.91 Å². The van der Waals surface area contributed by atoms with E-state index in [1.807, 2.05) is 25.1 Å². The van der Waals surface area contributed by atoms with Gasteiger partial charge in [-0.15, -0.1) is 0 Å². The van der Waals surface area contributed by atoms with E-state index in [2.05, 4.69) is 12.4 Å². The highest BCUT2D eigenvalue weighted by Crippen LogP contribution is 2.02. The first-order valence-electron chi connectivity index (χ1n) is 3.38. The number of carbonyl (C=O) groups is 1. The first-order valence-corrected chi connectivity index (χ1v) is 3.38. The third-order valence-electron chi connectivity index (χ3n) is 1.44. The van der Waals surface area contributed by atoms with E-state index in [0.29, 0.717) is 5.56 Å². The predicted octanol–water partition coefficient (Wildman–Crippen LogP) is 1.52. The van der Waals surface area contributed by atoms with Crippen LogP contribution in [-0.4, -0.2) is 5.91 Å². The Morgan fingerprint density at radius 3 is 2.82 bits per heavy atom. The van der Waals surface area contributed by atoms with Gasteiger partial charge in [0.2, 0.25) is 0 Å². The van der Waals surface area contributed by atoms with Crippen LogP contribution in [0.2, 0.25) is 0 Å². The zero-order chi connectivity index (χ0) is 8.27. The van der Waals surface area contributed by atoms with Crippen LogP contribution in [-0.2, 0) is 0 Å². The highest BCUT2D eigenvalue weighted by Gasteiger charge is 2.00. The summed E-state index contributed by atoms with van der Waals surface area (Å²) in [5.74, 6) is -0.145. The van der Waals surface area contributed by atoms with Crippen LogP contribution >= 0.6 is 0 Å². The molecule has 0 saturated carbocycles. The first kappa shape index (κ1) is 7.79. The quantitative estimate of drug-likeness (QED) is 0.642. The fourth-order valence-corrected chi connectivity index (χ4v) is 0.888. The number of amides is 1. The fraction of sp³-hybridized carbons (Fsp3) is 0.111. The summed E-state index contributed by atoms with van der Waals surface area (Å²) in [7, 11) is 3.29. The Morgan fingerprint density at radius 2 is 2.27 bits per heavy atom. The van der Waals surface area contributed by atoms with E-state index in [1.165, 1.54) is 0 Å². The van der Waals surface area contributed by atoms with Gasteiger partial charge in [-0.3, -0.25) is 4.79 Å². The molecule has 0 atom stereocenters. The van der Waals surface area contributed by atoms with Crippen LogP contribution in [0.4, 0.5) is 0 Å². The second-order valence-corrected chi connectivity index (χ2v) is 2.38. The maximum absolute atomic E-state index is 11.0. The molecule has 11 heavy (non-hydrogen) atoms. The van der Waals surface area contributed by atoms with Gasteiger partial charge in [0.05, 0.1) is 0 Å². The molecule has 1 radical (unpaired) electrons. The first-order chi connectivity index (χ1) is 5.24. The lowest BCUT2D eigenvalue weighted by atomic mass is 10.1. The average Bonchev–Trinajstić information content (AvgIpc) is 2.03. The summed E-state index contributed by atoms with van der Waals surface area (Å²) in [5, 5.41) is 2.32. The van der Waals surface area contributed by atoms with Crippen molar-refractivity contribution in [3.63, 3.8) is 0 Å². The Hall–Kier alpha value is -1.31. The predicted molar refractivity (Wildman–Crippen MR) is 44.0 cm³/mol. The minimum atomic E-state index is -0.145. The van der Waals surface area contributed by atoms with E-state index in [1.54, 1.807) is 6.07 Å². The van der Waals surface area contributed by atoms with E-state index in [4.69, 9.17) is 0 Å². The molecule has 0 aliphatic heterocycles. The van der Waals surface area contributed by atoms with Gasteiger partial charge in [0.15, 0.2) is 0 Å². The van der Waals surface area contributed by atoms with Crippen molar-refractivity contribution in [2.45, 2.75) is 6.92 Å². The second kappa shape index (κ2) is 3.19. The highest BCUT2D eigenvalue weighted by molar-refractivity contribution is 5.94. The molecule has 0 aliphatic carbocycles. The van der Waals surface area contributed by atoms with Gasteiger partial charge in [-0.2, -0.15) is 0 Å². The van der Waals surface area contributed by atoms with Gasteiger partial charge in [-0.25, -0.2) is 0 Å². The van der Waals surface area contributed by atoms with Crippen LogP contribution in [0.5, 0.6) is 0 Å². The average molecular weight is 148 g/mol. The molecule has 0 heterocycles. The van der Waals surface area contributed by atoms with E-state index >= 15 is 0 Å². The molecule has 1 aromatic carbocycles. The van der Waals surface area contributed by atoms with Crippen LogP contribution < -0.4 is 5.32 Å². The van der Waals surface area contributed by atoms with Gasteiger partial charge in [0, 0.05) is 12.6 Å². The molecule has 0 bridgehead atoms. The van der Waals surface area contributed by atoms with E-state index in [-0.39, 0.29) is 5.91 Å². The minimum absolute atomic E-state index is 0.145. The van der Waals surface area contributed by atoms with Gasteiger partial charge >= 0.3 is 0 Å². The molecular weight excluding hydrogens is 138 g/mol. The van der Waals surface area contributed by atoms with E-state index in [0.717, 1.165) is 5.56 Å². The van der Waals surface area contributed by atoms with Crippen LogP contribution in [0.15, 0.2) is 24.3 Å². The number of carbonyl (C=O) groups excluding carboxylic acids is 1. The fourth-order valence-electron chi connectivity index (χ4n) is 0.888. The molecule has 1 amide bonds. The summed E-state index contributed by atoms with van der Waals surface area (Å²) < 4.78 is 0. The van der Waals surface area contributed by atoms with Gasteiger partial charge in [-0.05, 0) is 19.1 Å². The molecule has 0 aliphatic rings. The zero-order valence-electron chi connectivity index (χ0n) is 6.42. The second-order valence-electron chi connectivity index (χ2n) is 2.38. The SMILES string of the molecule is [CH2]NC(=O)c1cccc(C)c1. The number of benzene rings is 1. The van der Waals surface area contributed by atoms with Gasteiger partial charge in [0.25, 0.3) is 5.91 Å². The minimum Gasteiger partial charge on any atom is -0.350 e. The van der Waals surface area contributed by atoms with Gasteiger partial charge < -0.3 is 5.32 Å². The largest absolute Gasteiger partial charge is 0.350 e. The van der Waals surface area contributed by atoms with E-state index < -0.39 is 0 Å². The number of hydrogen-bond acceptors (Lipinski definition) is 1. The summed E-state index contributed by atoms with van der Waals surface area (Å²) in [5.41, 5.74) is 1.73. The van der Waals surface area contributed by atoms with Crippen LogP contribution in [0.1, 0.15) is 15.9 Å². The molecule has 2 nitrogen and oxygen atoms in total. The molecule has 0 saturated heterocycles. The van der Waals surface area contributed by atoms with Gasteiger partial charge in [0.1, 0.15) is 0 Å². The number of hydrogen-bond donors (Lipinski definition) is 1. The standard InChI is InChI=1S/C9H10NO/c1-7-4-3-5-8(6-7)9(11)10-2/h3-6H,2H2,1H3,(H,10,11). The smallest absolute Gasteiger partial charge is 0.251 e. The van der Waals surface area contributed by atoms with Crippen LogP contribution in [0.25, 0.3) is 0 Å². The van der Waals surface area contributed by atoms with Gasteiger partial charge in [-0.1, -0.05) is 17.7 Å². The summed E-state index contributed by atoms with van der Waals surface area (Å²) in [6.07, 6.45) is 0. The van der Waals surface area contributed by atoms with Crippen molar-refractivity contribution in [3.05, 3.63) is 42.4 Å². The third-order valence-corrected chi connectivity index (χ3v) is 1.44. The van der Waals surface area contributed by atoms with Crippen LogP contribution in [0.3, 0.4) is 0 Å². The maximum atomic E-state index is 11.0. The Bertz CT molecular complexity index is 268. The third kappa shape index (κ3) is 1.80. The molecule has 1 N–H and O–H groups in total. The Morgan fingerprint density at radius 1 is 1.55 bits per heavy atom. The molecule has 1 rings (SSSR count). The molecule has 57 valence electrons. The Kier molecular flexibility index (Phi) is 2.26. The lowest BCUT2D eigenvalue weighted by Gasteiger charge is -1.98. The van der Waals surface area contributed by atoms with Crippen molar-refractivity contribution in [3.8, 4) is 0 Å². The molecule has 0 spiro atoms. The topological polar surface area (TPSA) is 29.1 Å². The Balaban J connectivity index is 2.96. The Labute approximate surface area is 66.2 Å². The van der Waals surface area contributed by atoms with Crippen molar-refractivity contribution in [1.82, 2.24) is 5.32 Å². The summed E-state index contributed by atoms with van der Waals surface area (Å²) in [4.78, 5) is 11.0. The zero-order valence-corrected chi connectivity index (χ0v) is 6.42. The normalized spacial score (nSPS) is 9.27. The maximum Gasteiger partial charge on any atom is 0.251 e. The number of nitrogens with one attached hydrogen (secondary N) is 1. The summed E-state index contributed by atoms with van der Waals surface area (Å²) in [6, 6.07) is 7.37. The van der Waals surface area contributed by atoms with E-state index in [9.17, 15) is 4.79 Å². The van der Waals surface area contributed by atoms with Crippen molar-refractivity contribution in [2.75, 3.05) is 0 Å². The molecule has 0 fully saturated rings. The van der Waals surface area contributed by atoms with Crippen LogP contribution in [0, 0.1) is 14.0 Å². The van der Waals surface area contributed by atoms with Crippen molar-refractivity contribution in [2.24, 2.45) is 0 Å². The number of aryl methyl sites for hydroxylation is 1. The monoisotopic (exact) mass is 148 g/mol. The lowest BCUT2D eigenvalue weighted by molar-refractivity contribution is 0.0969. The molecule has 2 heteroatoms. The van der Waals surface area contributed by atoms with Crippen molar-refractivity contribution in [1.29, 1.82) is 0 Å². The highest BCUT2D eigenvalue weighted by atomic mass is 16.1. The summed E-state index contributed by atoms with van der Waals surface area (Å²) in [6.45, 7) is 1.94. The number of rotatable bonds is 1. The lowest BCUT2D eigenvalue weighted by Crippen LogP contribution is -2.15. The molecular formula is C9H10NO. The molecule has 0 unspecified atom stereocenters. The molecule has 0 aromatic heterocycles.